The van der Waals surface area contributed by atoms with E-state index in [1.165, 1.54) is 12.4 Å². The summed E-state index contributed by atoms with van der Waals surface area (Å²) >= 11 is 1.75. The highest BCUT2D eigenvalue weighted by Gasteiger charge is 2.09. The number of carbonyl (C=O) groups is 1. The van der Waals surface area contributed by atoms with Crippen molar-refractivity contribution in [1.29, 1.82) is 0 Å². The van der Waals surface area contributed by atoms with Crippen molar-refractivity contribution >= 4 is 36.2 Å². The first kappa shape index (κ1) is 15.0. The van der Waals surface area contributed by atoms with E-state index in [-0.39, 0.29) is 8.95 Å². The van der Waals surface area contributed by atoms with E-state index in [1.54, 1.807) is 22.6 Å². The Hall–Kier alpha value is -1.01. The molecule has 1 heterocycles. The second-order valence-corrected chi connectivity index (χ2v) is 6.65. The monoisotopic (exact) mass is 378 g/mol. The van der Waals surface area contributed by atoms with Crippen molar-refractivity contribution in [3.8, 4) is 11.8 Å². The topological polar surface area (TPSA) is 77.0 Å². The van der Waals surface area contributed by atoms with Crippen LogP contribution in [0.15, 0.2) is 17.6 Å². The van der Waals surface area contributed by atoms with E-state index < -0.39 is 9.84 Å². The lowest BCUT2D eigenvalue weighted by Crippen LogP contribution is -2.03. The molecule has 7 heteroatoms. The standard InChI is InChI=1S/C11H11IN2O3S/c1-18(16,17)11-13-7-9(8-14-11)5-3-2-4-6-10(12)15/h7-8H,2,4,6H2,1H3. The molecule has 1 aromatic heterocycles. The third-order valence-electron chi connectivity index (χ3n) is 1.87. The molecule has 1 rings (SSSR count). The van der Waals surface area contributed by atoms with Crippen molar-refractivity contribution in [3.63, 3.8) is 0 Å². The summed E-state index contributed by atoms with van der Waals surface area (Å²) in [6.07, 6.45) is 5.65. The summed E-state index contributed by atoms with van der Waals surface area (Å²) in [5.74, 6) is 5.69. The van der Waals surface area contributed by atoms with Crippen LogP contribution in [-0.2, 0) is 14.6 Å². The molecule has 5 nitrogen and oxygen atoms in total. The highest BCUT2D eigenvalue weighted by atomic mass is 127. The fourth-order valence-electron chi connectivity index (χ4n) is 1.05. The fraction of sp³-hybridized carbons (Fsp3) is 0.364. The van der Waals surface area contributed by atoms with Crippen LogP contribution in [0.3, 0.4) is 0 Å². The first-order valence-corrected chi connectivity index (χ1v) is 8.06. The van der Waals surface area contributed by atoms with Gasteiger partial charge in [0.25, 0.3) is 0 Å². The van der Waals surface area contributed by atoms with E-state index in [4.69, 9.17) is 0 Å². The molecule has 0 fully saturated rings. The number of hydrogen-bond donors (Lipinski definition) is 0. The molecule has 0 unspecified atom stereocenters. The Morgan fingerprint density at radius 2 is 2.00 bits per heavy atom. The molecular weight excluding hydrogens is 367 g/mol. The van der Waals surface area contributed by atoms with Crippen LogP contribution in [0, 0.1) is 11.8 Å². The van der Waals surface area contributed by atoms with Gasteiger partial charge in [-0.2, -0.15) is 0 Å². The highest BCUT2D eigenvalue weighted by Crippen LogP contribution is 2.02. The van der Waals surface area contributed by atoms with Gasteiger partial charge in [0.05, 0.1) is 5.56 Å². The van der Waals surface area contributed by atoms with Gasteiger partial charge in [0.2, 0.25) is 15.0 Å². The SMILES string of the molecule is CS(=O)(=O)c1ncc(C#CCCCC(=O)I)cn1. The van der Waals surface area contributed by atoms with Crippen LogP contribution in [0.5, 0.6) is 0 Å². The molecule has 96 valence electrons. The zero-order valence-electron chi connectivity index (χ0n) is 9.68. The van der Waals surface area contributed by atoms with Crippen LogP contribution in [0.25, 0.3) is 0 Å². The lowest BCUT2D eigenvalue weighted by molar-refractivity contribution is -0.109. The summed E-state index contributed by atoms with van der Waals surface area (Å²) in [4.78, 5) is 18.1. The van der Waals surface area contributed by atoms with Crippen LogP contribution in [0.4, 0.5) is 0 Å². The minimum absolute atomic E-state index is 0.121. The summed E-state index contributed by atoms with van der Waals surface area (Å²) < 4.78 is 22.3. The number of unbranched alkanes of at least 4 members (excludes halogenated alkanes) is 1. The van der Waals surface area contributed by atoms with E-state index in [0.29, 0.717) is 18.4 Å². The Bertz CT molecular complexity index is 585. The van der Waals surface area contributed by atoms with Gasteiger partial charge in [0.15, 0.2) is 3.79 Å². The van der Waals surface area contributed by atoms with Crippen LogP contribution >= 0.6 is 22.6 Å². The van der Waals surface area contributed by atoms with E-state index in [1.807, 2.05) is 0 Å². The molecule has 18 heavy (non-hydrogen) atoms. The number of hydrogen-bond acceptors (Lipinski definition) is 5. The Kier molecular flexibility index (Phi) is 5.68. The molecule has 1 aromatic rings. The Balaban J connectivity index is 2.59. The molecule has 0 aliphatic carbocycles. The Morgan fingerprint density at radius 3 is 2.50 bits per heavy atom. The van der Waals surface area contributed by atoms with Gasteiger partial charge in [-0.25, -0.2) is 18.4 Å². The maximum absolute atomic E-state index is 11.1. The second-order valence-electron chi connectivity index (χ2n) is 3.54. The number of nitrogens with zero attached hydrogens (tertiary/aromatic N) is 2. The maximum atomic E-state index is 11.1. The maximum Gasteiger partial charge on any atom is 0.246 e. The van der Waals surface area contributed by atoms with Crippen molar-refractivity contribution in [2.24, 2.45) is 0 Å². The van der Waals surface area contributed by atoms with Crippen LogP contribution in [0.1, 0.15) is 24.8 Å². The average molecular weight is 378 g/mol. The quantitative estimate of drug-likeness (QED) is 0.260. The number of halogens is 1. The predicted octanol–water partition coefficient (Wildman–Crippen LogP) is 1.36. The van der Waals surface area contributed by atoms with E-state index in [0.717, 1.165) is 12.7 Å². The Labute approximate surface area is 119 Å². The lowest BCUT2D eigenvalue weighted by Gasteiger charge is -1.95. The summed E-state index contributed by atoms with van der Waals surface area (Å²) in [6, 6.07) is 0. The summed E-state index contributed by atoms with van der Waals surface area (Å²) in [5.41, 5.74) is 0.559. The molecule has 0 radical (unpaired) electrons. The number of sulfone groups is 1. The van der Waals surface area contributed by atoms with E-state index >= 15 is 0 Å². The molecule has 0 atom stereocenters. The average Bonchev–Trinajstić information content (AvgIpc) is 2.27. The van der Waals surface area contributed by atoms with Crippen molar-refractivity contribution in [1.82, 2.24) is 9.97 Å². The molecule has 0 N–H and O–H groups in total. The van der Waals surface area contributed by atoms with Gasteiger partial charge in [-0.15, -0.1) is 0 Å². The van der Waals surface area contributed by atoms with Crippen LogP contribution in [0.2, 0.25) is 0 Å². The number of aromatic nitrogens is 2. The summed E-state index contributed by atoms with van der Waals surface area (Å²) in [7, 11) is -3.37. The zero-order chi connectivity index (χ0) is 13.6. The van der Waals surface area contributed by atoms with Gasteiger partial charge in [-0.3, -0.25) is 4.79 Å². The van der Waals surface area contributed by atoms with Gasteiger partial charge >= 0.3 is 0 Å². The molecule has 0 spiro atoms. The second kappa shape index (κ2) is 6.80. The molecule has 0 aromatic carbocycles. The van der Waals surface area contributed by atoms with Crippen molar-refractivity contribution in [3.05, 3.63) is 18.0 Å². The fourth-order valence-corrected chi connectivity index (χ4v) is 1.92. The number of carbonyl (C=O) groups excluding carboxylic acids is 1. The Morgan fingerprint density at radius 1 is 1.39 bits per heavy atom. The smallest absolute Gasteiger partial charge is 0.246 e. The van der Waals surface area contributed by atoms with Gasteiger partial charge in [0, 0.05) is 31.5 Å². The van der Waals surface area contributed by atoms with E-state index in [2.05, 4.69) is 21.8 Å². The first-order valence-electron chi connectivity index (χ1n) is 5.09. The molecule has 0 aliphatic heterocycles. The third-order valence-corrected chi connectivity index (χ3v) is 3.28. The third kappa shape index (κ3) is 5.55. The summed E-state index contributed by atoms with van der Waals surface area (Å²) in [6.45, 7) is 0. The first-order chi connectivity index (χ1) is 8.39. The molecule has 0 bridgehead atoms. The molecule has 0 amide bonds. The van der Waals surface area contributed by atoms with Gasteiger partial charge in [-0.05, 0) is 29.0 Å². The highest BCUT2D eigenvalue weighted by molar-refractivity contribution is 14.1. The normalized spacial score (nSPS) is 10.6. The van der Waals surface area contributed by atoms with Gasteiger partial charge in [-0.1, -0.05) is 11.8 Å². The minimum Gasteiger partial charge on any atom is -0.288 e. The molecular formula is C11H11IN2O3S. The van der Waals surface area contributed by atoms with Gasteiger partial charge < -0.3 is 0 Å². The van der Waals surface area contributed by atoms with Crippen molar-refractivity contribution < 1.29 is 13.2 Å². The van der Waals surface area contributed by atoms with Gasteiger partial charge in [0.1, 0.15) is 0 Å². The van der Waals surface area contributed by atoms with Crippen LogP contribution in [-0.4, -0.2) is 28.4 Å². The van der Waals surface area contributed by atoms with Crippen molar-refractivity contribution in [2.75, 3.05) is 6.26 Å². The zero-order valence-corrected chi connectivity index (χ0v) is 12.7. The van der Waals surface area contributed by atoms with Crippen LogP contribution < -0.4 is 0 Å². The predicted molar refractivity (Wildman–Crippen MR) is 74.9 cm³/mol. The largest absolute Gasteiger partial charge is 0.288 e. The van der Waals surface area contributed by atoms with Crippen molar-refractivity contribution in [2.45, 2.75) is 24.4 Å². The number of rotatable bonds is 4. The molecule has 0 saturated carbocycles. The minimum atomic E-state index is -3.37. The van der Waals surface area contributed by atoms with E-state index in [9.17, 15) is 13.2 Å². The molecule has 0 saturated heterocycles. The summed E-state index contributed by atoms with van der Waals surface area (Å²) in [5, 5.41) is -0.205. The lowest BCUT2D eigenvalue weighted by atomic mass is 10.2. The molecule has 0 aliphatic rings.